The highest BCUT2D eigenvalue weighted by molar-refractivity contribution is 7.17. The third-order valence-electron chi connectivity index (χ3n) is 4.72. The molecular weight excluding hydrogens is 433 g/mol. The Labute approximate surface area is 181 Å². The summed E-state index contributed by atoms with van der Waals surface area (Å²) in [5, 5.41) is 4.86. The maximum absolute atomic E-state index is 12.8. The van der Waals surface area contributed by atoms with Gasteiger partial charge in [-0.2, -0.15) is 0 Å². The summed E-state index contributed by atoms with van der Waals surface area (Å²) in [5.74, 6) is -0.212. The molecule has 0 bridgehead atoms. The molecule has 7 nitrogen and oxygen atoms in total. The number of thiophene rings is 1. The summed E-state index contributed by atoms with van der Waals surface area (Å²) < 4.78 is 2.10. The van der Waals surface area contributed by atoms with E-state index in [1.54, 1.807) is 40.1 Å². The molecule has 1 aliphatic heterocycles. The highest BCUT2D eigenvalue weighted by atomic mass is 35.5. The van der Waals surface area contributed by atoms with Crippen molar-refractivity contribution < 1.29 is 9.59 Å². The van der Waals surface area contributed by atoms with Crippen molar-refractivity contribution in [2.45, 2.75) is 13.0 Å². The number of benzene rings is 1. The number of hydrogen-bond acceptors (Lipinski definition) is 5. The third-order valence-corrected chi connectivity index (χ3v) is 6.17. The Morgan fingerprint density at radius 3 is 2.66 bits per heavy atom. The van der Waals surface area contributed by atoms with Crippen molar-refractivity contribution in [2.75, 3.05) is 19.6 Å². The van der Waals surface area contributed by atoms with Crippen LogP contribution in [0.4, 0.5) is 0 Å². The van der Waals surface area contributed by atoms with E-state index in [0.29, 0.717) is 33.9 Å². The first-order chi connectivity index (χ1) is 13.9. The fourth-order valence-corrected chi connectivity index (χ4v) is 4.44. The normalized spacial score (nSPS) is 16.9. The topological polar surface area (TPSA) is 71.3 Å². The molecule has 3 aromatic rings. The highest BCUT2D eigenvalue weighted by Crippen LogP contribution is 2.24. The predicted molar refractivity (Wildman–Crippen MR) is 112 cm³/mol. The summed E-state index contributed by atoms with van der Waals surface area (Å²) in [6.07, 6.45) is 1.49. The van der Waals surface area contributed by atoms with Crippen LogP contribution >= 0.6 is 34.5 Å². The summed E-state index contributed by atoms with van der Waals surface area (Å²) in [6.45, 7) is 3.19. The van der Waals surface area contributed by atoms with E-state index in [4.69, 9.17) is 23.2 Å². The molecule has 2 aromatic heterocycles. The molecule has 0 N–H and O–H groups in total. The first-order valence-corrected chi connectivity index (χ1v) is 10.5. The number of halogens is 2. The lowest BCUT2D eigenvalue weighted by Crippen LogP contribution is -2.55. The summed E-state index contributed by atoms with van der Waals surface area (Å²) in [4.78, 5) is 33.7. The zero-order valence-corrected chi connectivity index (χ0v) is 17.8. The van der Waals surface area contributed by atoms with Crippen LogP contribution in [0.3, 0.4) is 0 Å². The van der Waals surface area contributed by atoms with Crippen LogP contribution in [-0.4, -0.2) is 62.1 Å². The minimum atomic E-state index is -0.260. The van der Waals surface area contributed by atoms with Gasteiger partial charge in [-0.15, -0.1) is 16.4 Å². The fraction of sp³-hybridized carbons (Fsp3) is 0.263. The zero-order chi connectivity index (χ0) is 20.5. The molecule has 1 saturated heterocycles. The monoisotopic (exact) mass is 449 g/mol. The third kappa shape index (κ3) is 4.14. The van der Waals surface area contributed by atoms with E-state index in [0.717, 1.165) is 5.69 Å². The van der Waals surface area contributed by atoms with Gasteiger partial charge in [0.15, 0.2) is 0 Å². The Bertz CT molecular complexity index is 1070. The van der Waals surface area contributed by atoms with Gasteiger partial charge < -0.3 is 9.80 Å². The molecule has 0 saturated carbocycles. The van der Waals surface area contributed by atoms with Gasteiger partial charge in [0, 0.05) is 30.7 Å². The number of rotatable bonds is 3. The van der Waals surface area contributed by atoms with Gasteiger partial charge in [-0.3, -0.25) is 9.59 Å². The average molecular weight is 450 g/mol. The van der Waals surface area contributed by atoms with Gasteiger partial charge in [0.25, 0.3) is 11.8 Å². The molecule has 1 fully saturated rings. The van der Waals surface area contributed by atoms with E-state index < -0.39 is 0 Å². The lowest BCUT2D eigenvalue weighted by atomic mass is 10.1. The largest absolute Gasteiger partial charge is 0.332 e. The Kier molecular flexibility index (Phi) is 5.58. The number of aromatic nitrogens is 3. The van der Waals surface area contributed by atoms with Crippen LogP contribution in [0.2, 0.25) is 9.36 Å². The summed E-state index contributed by atoms with van der Waals surface area (Å²) in [6, 6.07) is 10.5. The van der Waals surface area contributed by atoms with E-state index in [-0.39, 0.29) is 23.7 Å². The van der Waals surface area contributed by atoms with Gasteiger partial charge in [-0.05, 0) is 37.3 Å². The van der Waals surface area contributed by atoms with E-state index in [1.807, 2.05) is 13.0 Å². The standard InChI is InChI=1S/C19H17Cl2N5O2S/c1-12-10-24(7-8-25(12)18(27)15-5-6-16(21)29-15)19(28)17-22-11-26(23-17)14-4-2-3-13(20)9-14/h2-6,9,11-12H,7-8,10H2,1H3. The van der Waals surface area contributed by atoms with Crippen LogP contribution in [0.1, 0.15) is 27.2 Å². The lowest BCUT2D eigenvalue weighted by molar-refractivity contribution is 0.0411. The Hall–Kier alpha value is -2.42. The molecule has 4 rings (SSSR count). The van der Waals surface area contributed by atoms with Crippen molar-refractivity contribution in [1.29, 1.82) is 0 Å². The van der Waals surface area contributed by atoms with Crippen LogP contribution in [0.25, 0.3) is 5.69 Å². The first-order valence-electron chi connectivity index (χ1n) is 8.95. The summed E-state index contributed by atoms with van der Waals surface area (Å²) >= 11 is 13.2. The van der Waals surface area contributed by atoms with Crippen LogP contribution in [-0.2, 0) is 0 Å². The number of carbonyl (C=O) groups is 2. The van der Waals surface area contributed by atoms with Crippen molar-refractivity contribution in [3.05, 3.63) is 62.8 Å². The SMILES string of the molecule is CC1CN(C(=O)c2ncn(-c3cccc(Cl)c3)n2)CCN1C(=O)c1ccc(Cl)s1. The van der Waals surface area contributed by atoms with E-state index in [9.17, 15) is 9.59 Å². The zero-order valence-electron chi connectivity index (χ0n) is 15.5. The molecule has 10 heteroatoms. The van der Waals surface area contributed by atoms with Crippen molar-refractivity contribution in [1.82, 2.24) is 24.6 Å². The smallest absolute Gasteiger partial charge is 0.293 e. The second kappa shape index (κ2) is 8.14. The number of piperazine rings is 1. The molecular formula is C19H17Cl2N5O2S. The van der Waals surface area contributed by atoms with Gasteiger partial charge in [0.2, 0.25) is 5.82 Å². The minimum absolute atomic E-state index is 0.0649. The second-order valence-electron chi connectivity index (χ2n) is 6.70. The maximum Gasteiger partial charge on any atom is 0.293 e. The van der Waals surface area contributed by atoms with Gasteiger partial charge in [-0.1, -0.05) is 29.3 Å². The molecule has 3 heterocycles. The van der Waals surface area contributed by atoms with Gasteiger partial charge in [0.1, 0.15) is 6.33 Å². The summed E-state index contributed by atoms with van der Waals surface area (Å²) in [7, 11) is 0. The fourth-order valence-electron chi connectivity index (χ4n) is 3.26. The molecule has 2 amide bonds. The molecule has 1 aromatic carbocycles. The molecule has 1 unspecified atom stereocenters. The molecule has 1 aliphatic rings. The minimum Gasteiger partial charge on any atom is -0.332 e. The quantitative estimate of drug-likeness (QED) is 0.611. The van der Waals surface area contributed by atoms with E-state index >= 15 is 0 Å². The Morgan fingerprint density at radius 2 is 1.97 bits per heavy atom. The predicted octanol–water partition coefficient (Wildman–Crippen LogP) is 3.62. The van der Waals surface area contributed by atoms with Gasteiger partial charge >= 0.3 is 0 Å². The van der Waals surface area contributed by atoms with Crippen LogP contribution in [0.5, 0.6) is 0 Å². The van der Waals surface area contributed by atoms with Crippen LogP contribution < -0.4 is 0 Å². The molecule has 0 radical (unpaired) electrons. The lowest BCUT2D eigenvalue weighted by Gasteiger charge is -2.39. The Balaban J connectivity index is 1.44. The number of nitrogens with zero attached hydrogens (tertiary/aromatic N) is 5. The van der Waals surface area contributed by atoms with Crippen LogP contribution in [0, 0.1) is 0 Å². The number of amides is 2. The van der Waals surface area contributed by atoms with Gasteiger partial charge in [0.05, 0.1) is 14.9 Å². The number of hydrogen-bond donors (Lipinski definition) is 0. The van der Waals surface area contributed by atoms with Gasteiger partial charge in [-0.25, -0.2) is 9.67 Å². The van der Waals surface area contributed by atoms with Crippen molar-refractivity contribution in [3.8, 4) is 5.69 Å². The van der Waals surface area contributed by atoms with E-state index in [1.165, 1.54) is 22.3 Å². The second-order valence-corrected chi connectivity index (χ2v) is 8.85. The summed E-state index contributed by atoms with van der Waals surface area (Å²) in [5.41, 5.74) is 0.724. The van der Waals surface area contributed by atoms with Crippen molar-refractivity contribution in [2.24, 2.45) is 0 Å². The van der Waals surface area contributed by atoms with Crippen molar-refractivity contribution >= 4 is 46.4 Å². The Morgan fingerprint density at radius 1 is 1.14 bits per heavy atom. The molecule has 29 heavy (non-hydrogen) atoms. The van der Waals surface area contributed by atoms with Crippen molar-refractivity contribution in [3.63, 3.8) is 0 Å². The maximum atomic E-state index is 12.8. The first kappa shape index (κ1) is 19.9. The van der Waals surface area contributed by atoms with E-state index in [2.05, 4.69) is 10.1 Å². The highest BCUT2D eigenvalue weighted by Gasteiger charge is 2.32. The molecule has 150 valence electrons. The number of carbonyl (C=O) groups excluding carboxylic acids is 2. The molecule has 1 atom stereocenters. The average Bonchev–Trinajstić information content (AvgIpc) is 3.36. The molecule has 0 spiro atoms. The van der Waals surface area contributed by atoms with Crippen LogP contribution in [0.15, 0.2) is 42.7 Å². The molecule has 0 aliphatic carbocycles.